The van der Waals surface area contributed by atoms with E-state index < -0.39 is 11.6 Å². The molecule has 0 bridgehead atoms. The number of hydrogen-bond acceptors (Lipinski definition) is 5. The lowest BCUT2D eigenvalue weighted by molar-refractivity contribution is -0.145. The van der Waals surface area contributed by atoms with E-state index in [0.717, 1.165) is 5.56 Å². The van der Waals surface area contributed by atoms with Gasteiger partial charge in [0, 0.05) is 25.5 Å². The van der Waals surface area contributed by atoms with Crippen LogP contribution in [-0.2, 0) is 14.4 Å². The summed E-state index contributed by atoms with van der Waals surface area (Å²) >= 11 is 0. The third-order valence-electron chi connectivity index (χ3n) is 3.40. The van der Waals surface area contributed by atoms with Crippen LogP contribution < -0.4 is 0 Å². The van der Waals surface area contributed by atoms with Crippen molar-refractivity contribution in [3.63, 3.8) is 0 Å². The van der Waals surface area contributed by atoms with E-state index in [1.54, 1.807) is 25.3 Å². The fourth-order valence-corrected chi connectivity index (χ4v) is 2.33. The molecular weight excluding hydrogens is 272 g/mol. The Morgan fingerprint density at radius 1 is 1.62 bits per heavy atom. The van der Waals surface area contributed by atoms with Crippen molar-refractivity contribution in [3.8, 4) is 6.07 Å². The first kappa shape index (κ1) is 15.0. The van der Waals surface area contributed by atoms with Crippen molar-refractivity contribution in [2.45, 2.75) is 24.9 Å². The molecule has 110 valence electrons. The van der Waals surface area contributed by atoms with E-state index in [-0.39, 0.29) is 6.42 Å². The number of aliphatic carboxylic acids is 1. The van der Waals surface area contributed by atoms with Crippen LogP contribution in [0, 0.1) is 11.3 Å². The third kappa shape index (κ3) is 3.58. The van der Waals surface area contributed by atoms with E-state index in [0.29, 0.717) is 30.7 Å². The Kier molecular flexibility index (Phi) is 4.55. The number of nitrogens with zero attached hydrogens (tertiary/aromatic N) is 2. The number of methoxy groups -OCH3 is 1. The van der Waals surface area contributed by atoms with Crippen molar-refractivity contribution in [1.82, 2.24) is 0 Å². The molecule has 1 aromatic carbocycles. The van der Waals surface area contributed by atoms with Crippen LogP contribution in [0.5, 0.6) is 0 Å². The third-order valence-corrected chi connectivity index (χ3v) is 3.40. The van der Waals surface area contributed by atoms with E-state index >= 15 is 0 Å². The van der Waals surface area contributed by atoms with Crippen LogP contribution in [0.25, 0.3) is 0 Å². The molecule has 0 aromatic heterocycles. The summed E-state index contributed by atoms with van der Waals surface area (Å²) < 4.78 is 5.02. The topological polar surface area (TPSA) is 91.9 Å². The lowest BCUT2D eigenvalue weighted by atomic mass is 9.88. The highest BCUT2D eigenvalue weighted by atomic mass is 16.7. The molecule has 1 aliphatic rings. The molecule has 0 radical (unpaired) electrons. The summed E-state index contributed by atoms with van der Waals surface area (Å²) in [6.45, 7) is 0.397. The second-order valence-electron chi connectivity index (χ2n) is 4.99. The van der Waals surface area contributed by atoms with Crippen LogP contribution in [0.1, 0.15) is 30.4 Å². The van der Waals surface area contributed by atoms with Gasteiger partial charge in [0.15, 0.2) is 5.60 Å². The van der Waals surface area contributed by atoms with Gasteiger partial charge in [0.2, 0.25) is 0 Å². The van der Waals surface area contributed by atoms with E-state index in [9.17, 15) is 4.79 Å². The maximum absolute atomic E-state index is 11.1. The largest absolute Gasteiger partial charge is 0.481 e. The summed E-state index contributed by atoms with van der Waals surface area (Å²) in [5, 5.41) is 22.0. The zero-order valence-electron chi connectivity index (χ0n) is 11.7. The number of nitriles is 1. The SMILES string of the molecule is COCCC1(CC(=O)O)CC(c2cccc(C#N)c2)=NO1. The van der Waals surface area contributed by atoms with Crippen LogP contribution in [0.15, 0.2) is 29.4 Å². The minimum absolute atomic E-state index is 0.138. The zero-order chi connectivity index (χ0) is 15.3. The molecule has 1 aliphatic heterocycles. The molecule has 0 fully saturated rings. The summed E-state index contributed by atoms with van der Waals surface area (Å²) in [6, 6.07) is 9.09. The number of ether oxygens (including phenoxy) is 1. The second kappa shape index (κ2) is 6.37. The van der Waals surface area contributed by atoms with E-state index in [2.05, 4.69) is 11.2 Å². The highest BCUT2D eigenvalue weighted by molar-refractivity contribution is 6.02. The number of benzene rings is 1. The standard InChI is InChI=1S/C15H16N2O4/c1-20-6-5-15(9-14(18)19)8-13(17-21-15)12-4-2-3-11(7-12)10-16/h2-4,7H,5-6,8-9H2,1H3,(H,18,19). The maximum atomic E-state index is 11.1. The molecule has 1 atom stereocenters. The molecule has 0 aliphatic carbocycles. The maximum Gasteiger partial charge on any atom is 0.307 e. The summed E-state index contributed by atoms with van der Waals surface area (Å²) in [7, 11) is 1.56. The molecule has 21 heavy (non-hydrogen) atoms. The minimum Gasteiger partial charge on any atom is -0.481 e. The van der Waals surface area contributed by atoms with Crippen molar-refractivity contribution in [3.05, 3.63) is 35.4 Å². The van der Waals surface area contributed by atoms with Crippen molar-refractivity contribution in [1.29, 1.82) is 5.26 Å². The van der Waals surface area contributed by atoms with Crippen LogP contribution in [-0.4, -0.2) is 36.1 Å². The van der Waals surface area contributed by atoms with Gasteiger partial charge in [-0.3, -0.25) is 4.79 Å². The predicted molar refractivity (Wildman–Crippen MR) is 74.9 cm³/mol. The summed E-state index contributed by atoms with van der Waals surface area (Å²) in [5.41, 5.74) is 1.09. The number of rotatable bonds is 6. The average Bonchev–Trinajstić information content (AvgIpc) is 2.89. The summed E-state index contributed by atoms with van der Waals surface area (Å²) in [6.07, 6.45) is 0.694. The molecule has 1 unspecified atom stereocenters. The monoisotopic (exact) mass is 288 g/mol. The van der Waals surface area contributed by atoms with Gasteiger partial charge < -0.3 is 14.7 Å². The van der Waals surface area contributed by atoms with Gasteiger partial charge >= 0.3 is 5.97 Å². The zero-order valence-corrected chi connectivity index (χ0v) is 11.7. The molecule has 6 heteroatoms. The Balaban J connectivity index is 2.18. The van der Waals surface area contributed by atoms with Gasteiger partial charge in [-0.25, -0.2) is 0 Å². The number of hydrogen-bond donors (Lipinski definition) is 1. The Bertz CT molecular complexity index is 606. The molecule has 1 N–H and O–H groups in total. The van der Waals surface area contributed by atoms with Gasteiger partial charge in [-0.1, -0.05) is 17.3 Å². The molecular formula is C15H16N2O4. The van der Waals surface area contributed by atoms with Gasteiger partial charge in [-0.05, 0) is 12.1 Å². The van der Waals surface area contributed by atoms with Gasteiger partial charge in [0.05, 0.1) is 30.4 Å². The lowest BCUT2D eigenvalue weighted by Gasteiger charge is -2.24. The van der Waals surface area contributed by atoms with Crippen LogP contribution >= 0.6 is 0 Å². The predicted octanol–water partition coefficient (Wildman–Crippen LogP) is 1.93. The summed E-state index contributed by atoms with van der Waals surface area (Å²) in [5.74, 6) is -0.937. The van der Waals surface area contributed by atoms with Gasteiger partial charge in [0.25, 0.3) is 0 Å². The number of carbonyl (C=O) groups is 1. The normalized spacial score (nSPS) is 20.5. The molecule has 2 rings (SSSR count). The Labute approximate surface area is 122 Å². The Hall–Kier alpha value is -2.39. The van der Waals surface area contributed by atoms with Crippen LogP contribution in [0.2, 0.25) is 0 Å². The molecule has 0 amide bonds. The van der Waals surface area contributed by atoms with Gasteiger partial charge in [0.1, 0.15) is 0 Å². The Morgan fingerprint density at radius 3 is 3.10 bits per heavy atom. The minimum atomic E-state index is -0.937. The molecule has 0 spiro atoms. The molecule has 1 aromatic rings. The molecule has 1 heterocycles. The lowest BCUT2D eigenvalue weighted by Crippen LogP contribution is -2.33. The van der Waals surface area contributed by atoms with Crippen LogP contribution in [0.4, 0.5) is 0 Å². The average molecular weight is 288 g/mol. The second-order valence-corrected chi connectivity index (χ2v) is 4.99. The molecule has 6 nitrogen and oxygen atoms in total. The fraction of sp³-hybridized carbons (Fsp3) is 0.400. The van der Waals surface area contributed by atoms with E-state index in [4.69, 9.17) is 19.9 Å². The van der Waals surface area contributed by atoms with Crippen molar-refractivity contribution >= 4 is 11.7 Å². The van der Waals surface area contributed by atoms with Crippen molar-refractivity contribution in [2.75, 3.05) is 13.7 Å². The van der Waals surface area contributed by atoms with Crippen molar-refractivity contribution < 1.29 is 19.5 Å². The Morgan fingerprint density at radius 2 is 2.43 bits per heavy atom. The number of carboxylic acid groups (broad SMARTS) is 1. The van der Waals surface area contributed by atoms with Crippen LogP contribution in [0.3, 0.4) is 0 Å². The first-order chi connectivity index (χ1) is 10.1. The van der Waals surface area contributed by atoms with Crippen molar-refractivity contribution in [2.24, 2.45) is 5.16 Å². The van der Waals surface area contributed by atoms with E-state index in [1.807, 2.05) is 6.07 Å². The highest BCUT2D eigenvalue weighted by Crippen LogP contribution is 2.33. The quantitative estimate of drug-likeness (QED) is 0.863. The number of oxime groups is 1. The summed E-state index contributed by atoms with van der Waals surface area (Å²) in [4.78, 5) is 16.5. The fourth-order valence-electron chi connectivity index (χ4n) is 2.33. The van der Waals surface area contributed by atoms with Gasteiger partial charge in [-0.15, -0.1) is 0 Å². The smallest absolute Gasteiger partial charge is 0.307 e. The molecule has 0 saturated heterocycles. The van der Waals surface area contributed by atoms with E-state index in [1.165, 1.54) is 0 Å². The molecule has 0 saturated carbocycles. The first-order valence-corrected chi connectivity index (χ1v) is 6.55. The first-order valence-electron chi connectivity index (χ1n) is 6.55. The van der Waals surface area contributed by atoms with Gasteiger partial charge in [-0.2, -0.15) is 5.26 Å². The highest BCUT2D eigenvalue weighted by Gasteiger charge is 2.41. The number of carboxylic acids is 1.